The van der Waals surface area contributed by atoms with Gasteiger partial charge in [-0.1, -0.05) is 72.8 Å². The number of hydrogen-bond acceptors (Lipinski definition) is 2. The Morgan fingerprint density at radius 1 is 0.667 bits per heavy atom. The van der Waals surface area contributed by atoms with Crippen LogP contribution in [0.3, 0.4) is 0 Å². The lowest BCUT2D eigenvalue weighted by atomic mass is 9.95. The minimum atomic E-state index is -0.0355. The molecule has 0 aliphatic heterocycles. The Kier molecular flexibility index (Phi) is 5.72. The van der Waals surface area contributed by atoms with E-state index < -0.39 is 0 Å². The molecule has 0 aliphatic rings. The highest BCUT2D eigenvalue weighted by Gasteiger charge is 2.20. The van der Waals surface area contributed by atoms with Crippen LogP contribution in [-0.2, 0) is 7.80 Å². The maximum Gasteiger partial charge on any atom is 0.110 e. The van der Waals surface area contributed by atoms with Crippen LogP contribution in [0.2, 0.25) is 0 Å². The number of benzene rings is 4. The van der Waals surface area contributed by atoms with Gasteiger partial charge < -0.3 is 7.80 Å². The van der Waals surface area contributed by atoms with E-state index in [4.69, 9.17) is 7.80 Å². The van der Waals surface area contributed by atoms with Crippen molar-refractivity contribution in [3.8, 4) is 0 Å². The lowest BCUT2D eigenvalue weighted by Crippen LogP contribution is -2.09. The summed E-state index contributed by atoms with van der Waals surface area (Å²) in [5.74, 6) is 0. The topological polar surface area (TPSA) is 18.5 Å². The average molecular weight is 468 g/mol. The number of rotatable bonds is 6. The highest BCUT2D eigenvalue weighted by atomic mass is 127. The molecule has 2 unspecified atom stereocenters. The Bertz CT molecular complexity index is 975. The Morgan fingerprint density at radius 3 is 1.63 bits per heavy atom. The monoisotopic (exact) mass is 468 g/mol. The van der Waals surface area contributed by atoms with Crippen molar-refractivity contribution in [1.29, 1.82) is 0 Å². The predicted molar refractivity (Wildman–Crippen MR) is 120 cm³/mol. The van der Waals surface area contributed by atoms with Gasteiger partial charge in [-0.2, -0.15) is 0 Å². The molecular formula is C24H21IO2. The summed E-state index contributed by atoms with van der Waals surface area (Å²) in [6.45, 7) is 0. The molecule has 0 saturated carbocycles. The Labute approximate surface area is 173 Å². The minimum Gasteiger partial charge on any atom is -0.377 e. The lowest BCUT2D eigenvalue weighted by molar-refractivity contribution is 0.0655. The van der Waals surface area contributed by atoms with Crippen LogP contribution in [0.1, 0.15) is 29.8 Å². The zero-order chi connectivity index (χ0) is 18.6. The van der Waals surface area contributed by atoms with Crippen LogP contribution < -0.4 is 0 Å². The van der Waals surface area contributed by atoms with Crippen LogP contribution in [0.5, 0.6) is 0 Å². The number of fused-ring (bicyclic) bond motifs is 2. The maximum absolute atomic E-state index is 5.84. The van der Waals surface area contributed by atoms with Crippen molar-refractivity contribution in [1.82, 2.24) is 0 Å². The predicted octanol–water partition coefficient (Wildman–Crippen LogP) is 7.18. The molecule has 0 N–H and O–H groups in total. The first-order chi connectivity index (χ1) is 13.3. The van der Waals surface area contributed by atoms with Crippen molar-refractivity contribution in [2.45, 2.75) is 18.6 Å². The second kappa shape index (κ2) is 8.38. The molecule has 3 heteroatoms. The minimum absolute atomic E-state index is 0.0270. The molecule has 0 aromatic heterocycles. The zero-order valence-corrected chi connectivity index (χ0v) is 17.3. The van der Waals surface area contributed by atoms with Crippen LogP contribution in [0.4, 0.5) is 0 Å². The summed E-state index contributed by atoms with van der Waals surface area (Å²) in [6, 6.07) is 29.9. The molecule has 4 rings (SSSR count). The van der Waals surface area contributed by atoms with Crippen LogP contribution in [0, 0.1) is 0 Å². The van der Waals surface area contributed by atoms with E-state index in [9.17, 15) is 0 Å². The highest BCUT2D eigenvalue weighted by molar-refractivity contribution is 14.1. The van der Waals surface area contributed by atoms with Crippen LogP contribution >= 0.6 is 23.0 Å². The highest BCUT2D eigenvalue weighted by Crippen LogP contribution is 2.35. The van der Waals surface area contributed by atoms with Gasteiger partial charge in [0.15, 0.2) is 0 Å². The first kappa shape index (κ1) is 18.4. The van der Waals surface area contributed by atoms with Gasteiger partial charge in [-0.25, -0.2) is 0 Å². The first-order valence-electron chi connectivity index (χ1n) is 9.06. The van der Waals surface area contributed by atoms with Crippen molar-refractivity contribution in [2.24, 2.45) is 0 Å². The maximum atomic E-state index is 5.84. The molecule has 0 bridgehead atoms. The van der Waals surface area contributed by atoms with Gasteiger partial charge >= 0.3 is 0 Å². The van der Waals surface area contributed by atoms with Crippen molar-refractivity contribution < 1.29 is 7.80 Å². The summed E-state index contributed by atoms with van der Waals surface area (Å²) in [4.78, 5) is 0. The summed E-state index contributed by atoms with van der Waals surface area (Å²) < 4.78 is 11.7. The van der Waals surface area contributed by atoms with Gasteiger partial charge in [-0.15, -0.1) is 0 Å². The van der Waals surface area contributed by atoms with Gasteiger partial charge in [-0.05, 0) is 44.8 Å². The Balaban J connectivity index is 1.62. The number of hydrogen-bond donors (Lipinski definition) is 0. The van der Waals surface area contributed by atoms with E-state index in [1.807, 2.05) is 23.0 Å². The quantitative estimate of drug-likeness (QED) is 0.279. The van der Waals surface area contributed by atoms with Gasteiger partial charge in [0.1, 0.15) is 23.0 Å². The largest absolute Gasteiger partial charge is 0.377 e. The van der Waals surface area contributed by atoms with Gasteiger partial charge in [0.25, 0.3) is 0 Å². The summed E-state index contributed by atoms with van der Waals surface area (Å²) >= 11 is 2.00. The van der Waals surface area contributed by atoms with Gasteiger partial charge in [0.05, 0.1) is 12.2 Å². The molecule has 0 fully saturated rings. The molecule has 27 heavy (non-hydrogen) atoms. The van der Waals surface area contributed by atoms with E-state index in [-0.39, 0.29) is 12.2 Å². The van der Waals surface area contributed by atoms with Gasteiger partial charge in [-0.3, -0.25) is 0 Å². The molecule has 2 nitrogen and oxygen atoms in total. The summed E-state index contributed by atoms with van der Waals surface area (Å²) in [7, 11) is 1.77. The van der Waals surface area contributed by atoms with Crippen LogP contribution in [-0.4, -0.2) is 7.11 Å². The third-order valence-electron chi connectivity index (χ3n) is 5.11. The molecule has 0 amide bonds. The van der Waals surface area contributed by atoms with E-state index in [1.165, 1.54) is 32.7 Å². The summed E-state index contributed by atoms with van der Waals surface area (Å²) in [6.07, 6.45) is 0.698. The van der Waals surface area contributed by atoms with E-state index in [0.29, 0.717) is 0 Å². The Morgan fingerprint density at radius 2 is 1.15 bits per heavy atom. The van der Waals surface area contributed by atoms with Crippen LogP contribution in [0.25, 0.3) is 21.5 Å². The third kappa shape index (κ3) is 4.00. The molecule has 0 aliphatic carbocycles. The van der Waals surface area contributed by atoms with Gasteiger partial charge in [0, 0.05) is 13.5 Å². The van der Waals surface area contributed by atoms with E-state index in [1.54, 1.807) is 7.11 Å². The van der Waals surface area contributed by atoms with E-state index in [0.717, 1.165) is 6.42 Å². The molecule has 136 valence electrons. The molecule has 4 aromatic rings. The summed E-state index contributed by atoms with van der Waals surface area (Å²) in [5, 5.41) is 4.95. The second-order valence-corrected chi connectivity index (χ2v) is 7.26. The van der Waals surface area contributed by atoms with Crippen LogP contribution in [0.15, 0.2) is 84.9 Å². The van der Waals surface area contributed by atoms with Crippen molar-refractivity contribution >= 4 is 44.6 Å². The van der Waals surface area contributed by atoms with Gasteiger partial charge in [0.2, 0.25) is 0 Å². The standard InChI is InChI=1S/C24H21IO2/c1-26-23(21-12-10-17-6-2-4-8-19(17)14-21)16-24(27-25)22-13-11-18-7-3-5-9-20(18)15-22/h2-15,23-24H,16H2,1H3. The number of halogens is 1. The van der Waals surface area contributed by atoms with E-state index in [2.05, 4.69) is 84.9 Å². The summed E-state index contributed by atoms with van der Waals surface area (Å²) in [5.41, 5.74) is 2.35. The molecule has 0 saturated heterocycles. The smallest absolute Gasteiger partial charge is 0.110 e. The van der Waals surface area contributed by atoms with Crippen molar-refractivity contribution in [3.63, 3.8) is 0 Å². The van der Waals surface area contributed by atoms with Crippen molar-refractivity contribution in [2.75, 3.05) is 7.11 Å². The molecule has 0 heterocycles. The third-order valence-corrected chi connectivity index (χ3v) is 5.72. The molecule has 2 atom stereocenters. The fourth-order valence-corrected chi connectivity index (χ4v) is 4.10. The molecule has 4 aromatic carbocycles. The number of methoxy groups -OCH3 is 1. The fourth-order valence-electron chi connectivity index (χ4n) is 3.60. The van der Waals surface area contributed by atoms with Crippen molar-refractivity contribution in [3.05, 3.63) is 96.1 Å². The molecule has 0 spiro atoms. The van der Waals surface area contributed by atoms with E-state index >= 15 is 0 Å². The Hall–Kier alpha value is -1.95. The number of ether oxygens (including phenoxy) is 1. The molecular weight excluding hydrogens is 447 g/mol. The molecule has 0 radical (unpaired) electrons. The first-order valence-corrected chi connectivity index (χ1v) is 9.94. The average Bonchev–Trinajstić information content (AvgIpc) is 2.74. The fraction of sp³-hybridized carbons (Fsp3) is 0.167. The lowest BCUT2D eigenvalue weighted by Gasteiger charge is -2.22. The SMILES string of the molecule is COC(CC(OI)c1ccc2ccccc2c1)c1ccc2ccccc2c1. The second-order valence-electron chi connectivity index (χ2n) is 6.75. The zero-order valence-electron chi connectivity index (χ0n) is 15.1. The normalized spacial score (nSPS) is 13.7.